The van der Waals surface area contributed by atoms with Crippen LogP contribution in [0.2, 0.25) is 0 Å². The number of anilines is 1. The van der Waals surface area contributed by atoms with Crippen LogP contribution in [0.4, 0.5) is 5.69 Å². The molecule has 0 fully saturated rings. The molecule has 0 radical (unpaired) electrons. The van der Waals surface area contributed by atoms with Gasteiger partial charge in [-0.15, -0.1) is 0 Å². The van der Waals surface area contributed by atoms with Crippen molar-refractivity contribution in [3.05, 3.63) is 59.7 Å². The second-order valence-corrected chi connectivity index (χ2v) is 5.75. The van der Waals surface area contributed by atoms with E-state index in [4.69, 9.17) is 4.74 Å². The number of aliphatic hydroxyl groups excluding tert-OH is 1. The summed E-state index contributed by atoms with van der Waals surface area (Å²) in [4.78, 5) is 6.52. The molecular weight excluding hydrogens is 302 g/mol. The summed E-state index contributed by atoms with van der Waals surface area (Å²) in [6, 6.07) is 15.8. The van der Waals surface area contributed by atoms with Gasteiger partial charge in [0.2, 0.25) is 0 Å². The van der Waals surface area contributed by atoms with E-state index in [1.807, 2.05) is 30.3 Å². The molecule has 24 heavy (non-hydrogen) atoms. The molecule has 0 aliphatic carbocycles. The lowest BCUT2D eigenvalue weighted by molar-refractivity contribution is 0.180. The first kappa shape index (κ1) is 16.3. The number of rotatable bonds is 4. The number of nitrogens with one attached hydrogen (secondary N) is 1. The van der Waals surface area contributed by atoms with E-state index in [0.717, 1.165) is 30.2 Å². The third-order valence-electron chi connectivity index (χ3n) is 4.29. The molecule has 2 aromatic carbocycles. The highest BCUT2D eigenvalue weighted by Gasteiger charge is 2.22. The first-order chi connectivity index (χ1) is 11.7. The van der Waals surface area contributed by atoms with Gasteiger partial charge in [0.05, 0.1) is 13.2 Å². The number of methoxy groups -OCH3 is 1. The van der Waals surface area contributed by atoms with E-state index in [1.165, 1.54) is 11.3 Å². The first-order valence-electron chi connectivity index (χ1n) is 8.11. The average Bonchev–Trinajstić information content (AvgIpc) is 3.06. The summed E-state index contributed by atoms with van der Waals surface area (Å²) >= 11 is 0. The summed E-state index contributed by atoms with van der Waals surface area (Å²) in [7, 11) is 3.39. The molecule has 0 saturated heterocycles. The van der Waals surface area contributed by atoms with Crippen molar-refractivity contribution in [1.82, 2.24) is 5.32 Å². The molecule has 0 aromatic heterocycles. The van der Waals surface area contributed by atoms with E-state index in [1.54, 1.807) is 14.2 Å². The zero-order valence-electron chi connectivity index (χ0n) is 14.1. The number of para-hydroxylation sites is 1. The first-order valence-corrected chi connectivity index (χ1v) is 8.11. The highest BCUT2D eigenvalue weighted by Crippen LogP contribution is 2.27. The van der Waals surface area contributed by atoms with Gasteiger partial charge in [-0.25, -0.2) is 0 Å². The molecule has 3 rings (SSSR count). The van der Waals surface area contributed by atoms with Gasteiger partial charge in [-0.3, -0.25) is 4.99 Å². The summed E-state index contributed by atoms with van der Waals surface area (Å²) in [5, 5.41) is 13.7. The van der Waals surface area contributed by atoms with Crippen LogP contribution >= 0.6 is 0 Å². The van der Waals surface area contributed by atoms with Crippen LogP contribution in [-0.2, 0) is 6.42 Å². The Kier molecular flexibility index (Phi) is 5.01. The van der Waals surface area contributed by atoms with Gasteiger partial charge in [0.25, 0.3) is 0 Å². The lowest BCUT2D eigenvalue weighted by atomic mass is 10.1. The van der Waals surface area contributed by atoms with Crippen molar-refractivity contribution in [1.29, 1.82) is 0 Å². The van der Waals surface area contributed by atoms with Gasteiger partial charge in [0.15, 0.2) is 5.96 Å². The quantitative estimate of drug-likeness (QED) is 0.669. The summed E-state index contributed by atoms with van der Waals surface area (Å²) in [5.41, 5.74) is 3.33. The molecule has 1 unspecified atom stereocenters. The van der Waals surface area contributed by atoms with Crippen molar-refractivity contribution in [2.24, 2.45) is 4.99 Å². The van der Waals surface area contributed by atoms with Crippen LogP contribution in [0.25, 0.3) is 0 Å². The van der Waals surface area contributed by atoms with E-state index in [9.17, 15) is 5.11 Å². The van der Waals surface area contributed by atoms with Crippen LogP contribution in [0.5, 0.6) is 5.75 Å². The average molecular weight is 325 g/mol. The SMILES string of the molecule is CN=C(NCC(O)c1cccc(OC)c1)N1CCc2ccccc21. The Hall–Kier alpha value is -2.53. The van der Waals surface area contributed by atoms with Crippen molar-refractivity contribution < 1.29 is 9.84 Å². The number of ether oxygens (including phenoxy) is 1. The van der Waals surface area contributed by atoms with Gasteiger partial charge in [-0.1, -0.05) is 30.3 Å². The molecule has 1 atom stereocenters. The number of guanidine groups is 1. The second kappa shape index (κ2) is 7.36. The highest BCUT2D eigenvalue weighted by molar-refractivity contribution is 5.97. The minimum Gasteiger partial charge on any atom is -0.497 e. The van der Waals surface area contributed by atoms with Gasteiger partial charge in [-0.2, -0.15) is 0 Å². The molecule has 5 heteroatoms. The fourth-order valence-corrected chi connectivity index (χ4v) is 3.01. The third-order valence-corrected chi connectivity index (χ3v) is 4.29. The van der Waals surface area contributed by atoms with E-state index < -0.39 is 6.10 Å². The van der Waals surface area contributed by atoms with Gasteiger partial charge in [-0.05, 0) is 35.7 Å². The molecule has 1 aliphatic rings. The van der Waals surface area contributed by atoms with E-state index in [-0.39, 0.29) is 0 Å². The number of aliphatic imine (C=N–C) groups is 1. The van der Waals surface area contributed by atoms with Crippen LogP contribution in [0.3, 0.4) is 0 Å². The Morgan fingerprint density at radius 2 is 2.12 bits per heavy atom. The number of benzene rings is 2. The lowest BCUT2D eigenvalue weighted by Crippen LogP contribution is -2.42. The number of hydrogen-bond donors (Lipinski definition) is 2. The zero-order chi connectivity index (χ0) is 16.9. The predicted octanol–water partition coefficient (Wildman–Crippen LogP) is 2.37. The standard InChI is InChI=1S/C19H23N3O2/c1-20-19(22-11-10-14-6-3-4-9-17(14)22)21-13-18(23)15-7-5-8-16(12-15)24-2/h3-9,12,18,23H,10-11,13H2,1-2H3,(H,20,21). The molecule has 0 bridgehead atoms. The van der Waals surface area contributed by atoms with Crippen molar-refractivity contribution in [2.75, 3.05) is 32.1 Å². The lowest BCUT2D eigenvalue weighted by Gasteiger charge is -2.23. The van der Waals surface area contributed by atoms with Gasteiger partial charge in [0, 0.05) is 25.8 Å². The van der Waals surface area contributed by atoms with Gasteiger partial charge in [0.1, 0.15) is 5.75 Å². The Morgan fingerprint density at radius 3 is 2.92 bits per heavy atom. The minimum atomic E-state index is -0.630. The molecule has 1 aliphatic heterocycles. The minimum absolute atomic E-state index is 0.387. The molecule has 1 heterocycles. The number of nitrogens with zero attached hydrogens (tertiary/aromatic N) is 2. The number of fused-ring (bicyclic) bond motifs is 1. The number of aliphatic hydroxyl groups is 1. The smallest absolute Gasteiger partial charge is 0.198 e. The molecule has 0 amide bonds. The number of hydrogen-bond acceptors (Lipinski definition) is 3. The molecule has 126 valence electrons. The summed E-state index contributed by atoms with van der Waals surface area (Å²) < 4.78 is 5.21. The Bertz CT molecular complexity index is 730. The van der Waals surface area contributed by atoms with E-state index in [2.05, 4.69) is 33.4 Å². The van der Waals surface area contributed by atoms with Crippen LogP contribution in [-0.4, -0.2) is 38.3 Å². The Labute approximate surface area is 142 Å². The highest BCUT2D eigenvalue weighted by atomic mass is 16.5. The van der Waals surface area contributed by atoms with E-state index >= 15 is 0 Å². The summed E-state index contributed by atoms with van der Waals surface area (Å²) in [6.45, 7) is 1.28. The largest absolute Gasteiger partial charge is 0.497 e. The maximum absolute atomic E-state index is 10.4. The Balaban J connectivity index is 1.67. The predicted molar refractivity (Wildman–Crippen MR) is 96.8 cm³/mol. The topological polar surface area (TPSA) is 57.1 Å². The maximum Gasteiger partial charge on any atom is 0.198 e. The third kappa shape index (κ3) is 3.36. The maximum atomic E-state index is 10.4. The normalized spacial score (nSPS) is 15.1. The fourth-order valence-electron chi connectivity index (χ4n) is 3.01. The fraction of sp³-hybridized carbons (Fsp3) is 0.316. The summed E-state index contributed by atoms with van der Waals surface area (Å²) in [5.74, 6) is 1.52. The molecule has 0 spiro atoms. The van der Waals surface area contributed by atoms with Gasteiger partial charge < -0.3 is 20.1 Å². The second-order valence-electron chi connectivity index (χ2n) is 5.75. The molecule has 5 nitrogen and oxygen atoms in total. The Morgan fingerprint density at radius 1 is 1.29 bits per heavy atom. The van der Waals surface area contributed by atoms with Gasteiger partial charge >= 0.3 is 0 Å². The van der Waals surface area contributed by atoms with Crippen LogP contribution in [0.1, 0.15) is 17.2 Å². The van der Waals surface area contributed by atoms with Crippen molar-refractivity contribution in [3.63, 3.8) is 0 Å². The zero-order valence-corrected chi connectivity index (χ0v) is 14.1. The molecule has 0 saturated carbocycles. The molecule has 2 aromatic rings. The van der Waals surface area contributed by atoms with Crippen molar-refractivity contribution in [3.8, 4) is 5.75 Å². The van der Waals surface area contributed by atoms with Crippen LogP contribution < -0.4 is 15.0 Å². The van der Waals surface area contributed by atoms with Crippen molar-refractivity contribution >= 4 is 11.6 Å². The van der Waals surface area contributed by atoms with E-state index in [0.29, 0.717) is 6.54 Å². The molecule has 2 N–H and O–H groups in total. The van der Waals surface area contributed by atoms with Crippen LogP contribution in [0.15, 0.2) is 53.5 Å². The molecular formula is C19H23N3O2. The van der Waals surface area contributed by atoms with Crippen molar-refractivity contribution in [2.45, 2.75) is 12.5 Å². The monoisotopic (exact) mass is 325 g/mol. The van der Waals surface area contributed by atoms with Crippen LogP contribution in [0, 0.1) is 0 Å². The summed E-state index contributed by atoms with van der Waals surface area (Å²) in [6.07, 6.45) is 0.379.